The Morgan fingerprint density at radius 2 is 1.18 bits per heavy atom. The van der Waals surface area contributed by atoms with Crippen LogP contribution in [0.25, 0.3) is 0 Å². The topological polar surface area (TPSA) is 27.0 Å². The van der Waals surface area contributed by atoms with Gasteiger partial charge in [0.15, 0.2) is 0 Å². The van der Waals surface area contributed by atoms with Crippen LogP contribution in [-0.2, 0) is 0 Å². The molecular weight excluding hydrogens is 152 g/mol. The minimum Gasteiger partial charge on any atom is -0.340 e. The van der Waals surface area contributed by atoms with Crippen LogP contribution in [0.5, 0.6) is 0 Å². The van der Waals surface area contributed by atoms with Gasteiger partial charge in [0.1, 0.15) is 0 Å². The molecule has 0 aliphatic heterocycles. The Labute approximate surface area is 72.1 Å². The molecule has 0 bridgehead atoms. The van der Waals surface area contributed by atoms with Crippen molar-refractivity contribution in [1.82, 2.24) is 4.57 Å². The van der Waals surface area contributed by atoms with Crippen molar-refractivity contribution in [3.63, 3.8) is 0 Å². The van der Waals surface area contributed by atoms with Gasteiger partial charge >= 0.3 is 9.31 Å². The van der Waals surface area contributed by atoms with Gasteiger partial charge in [-0.3, -0.25) is 4.89 Å². The van der Waals surface area contributed by atoms with E-state index in [2.05, 4.69) is 46.1 Å². The number of rotatable bonds is 0. The second-order valence-electron chi connectivity index (χ2n) is 4.78. The minimum absolute atomic E-state index is 0.0471. The van der Waals surface area contributed by atoms with E-state index in [9.17, 15) is 0 Å². The van der Waals surface area contributed by atoms with E-state index in [0.717, 1.165) is 0 Å². The van der Waals surface area contributed by atoms with Gasteiger partial charge < -0.3 is 4.57 Å². The SMILES string of the molecule is CC(C)(C)N([Si]#N)C(C)(C)C. The van der Waals surface area contributed by atoms with Gasteiger partial charge in [-0.2, -0.15) is 0 Å². The van der Waals surface area contributed by atoms with E-state index in [1.807, 2.05) is 0 Å². The number of nitrogens with zero attached hydrogens (tertiary/aromatic N) is 2. The van der Waals surface area contributed by atoms with Crippen molar-refractivity contribution >= 4 is 9.31 Å². The molecule has 0 aromatic heterocycles. The van der Waals surface area contributed by atoms with Crippen molar-refractivity contribution < 1.29 is 0 Å². The fourth-order valence-corrected chi connectivity index (χ4v) is 1.91. The highest BCUT2D eigenvalue weighted by molar-refractivity contribution is 6.12. The second kappa shape index (κ2) is 3.00. The molecule has 0 saturated heterocycles. The summed E-state index contributed by atoms with van der Waals surface area (Å²) < 4.78 is 2.08. The Hall–Kier alpha value is -0.273. The third-order valence-electron chi connectivity index (χ3n) is 1.44. The molecule has 0 aliphatic carbocycles. The Morgan fingerprint density at radius 3 is 1.18 bits per heavy atom. The molecule has 0 spiro atoms. The van der Waals surface area contributed by atoms with Gasteiger partial charge in [-0.15, -0.1) is 0 Å². The van der Waals surface area contributed by atoms with E-state index in [1.165, 1.54) is 0 Å². The summed E-state index contributed by atoms with van der Waals surface area (Å²) in [6.45, 7) is 12.7. The highest BCUT2D eigenvalue weighted by Gasteiger charge is 2.29. The quantitative estimate of drug-likeness (QED) is 0.520. The molecule has 0 fully saturated rings. The molecule has 0 aromatic rings. The molecule has 0 aromatic carbocycles. The maximum absolute atomic E-state index is 9.15. The van der Waals surface area contributed by atoms with Crippen LogP contribution in [0, 0.1) is 4.89 Å². The summed E-state index contributed by atoms with van der Waals surface area (Å²) in [6, 6.07) is 0. The van der Waals surface area contributed by atoms with Crippen LogP contribution in [0.4, 0.5) is 0 Å². The summed E-state index contributed by atoms with van der Waals surface area (Å²) in [5.74, 6) is 0. The molecule has 0 heterocycles. The monoisotopic (exact) mass is 170 g/mol. The third kappa shape index (κ3) is 3.08. The summed E-state index contributed by atoms with van der Waals surface area (Å²) in [5.41, 5.74) is 0.0941. The zero-order chi connectivity index (χ0) is 9.28. The van der Waals surface area contributed by atoms with Crippen molar-refractivity contribution in [3.05, 3.63) is 0 Å². The number of hydrogen-bond acceptors (Lipinski definition) is 2. The summed E-state index contributed by atoms with van der Waals surface area (Å²) in [5, 5.41) is 0. The molecule has 0 saturated carbocycles. The Bertz CT molecular complexity index is 154. The van der Waals surface area contributed by atoms with Gasteiger partial charge in [-0.25, -0.2) is 0 Å². The van der Waals surface area contributed by atoms with Gasteiger partial charge in [0, 0.05) is 11.1 Å². The first-order valence-electron chi connectivity index (χ1n) is 3.89. The summed E-state index contributed by atoms with van der Waals surface area (Å²) >= 11 is 0. The Balaban J connectivity index is 4.60. The zero-order valence-corrected chi connectivity index (χ0v) is 9.39. The fourth-order valence-electron chi connectivity index (χ4n) is 1.31. The van der Waals surface area contributed by atoms with Crippen molar-refractivity contribution in [2.75, 3.05) is 0 Å². The van der Waals surface area contributed by atoms with Crippen LogP contribution in [-0.4, -0.2) is 25.0 Å². The van der Waals surface area contributed by atoms with Crippen LogP contribution < -0.4 is 0 Å². The Morgan fingerprint density at radius 1 is 0.909 bits per heavy atom. The summed E-state index contributed by atoms with van der Waals surface area (Å²) in [7, 11) is -0.115. The molecule has 0 atom stereocenters. The molecule has 2 nitrogen and oxygen atoms in total. The molecule has 0 N–H and O–H groups in total. The first-order chi connectivity index (χ1) is 4.69. The predicted molar refractivity (Wildman–Crippen MR) is 48.8 cm³/mol. The minimum atomic E-state index is -0.115. The highest BCUT2D eigenvalue weighted by Crippen LogP contribution is 2.21. The van der Waals surface area contributed by atoms with Crippen molar-refractivity contribution in [1.29, 1.82) is 4.89 Å². The lowest BCUT2D eigenvalue weighted by Gasteiger charge is -2.41. The van der Waals surface area contributed by atoms with Gasteiger partial charge in [-0.05, 0) is 41.5 Å². The van der Waals surface area contributed by atoms with E-state index in [-0.39, 0.29) is 20.4 Å². The van der Waals surface area contributed by atoms with Crippen molar-refractivity contribution in [2.45, 2.75) is 52.6 Å². The standard InChI is InChI=1S/C8H18N2Si/c1-7(2,3)10(11-9)8(4,5)6/h1-6H3. The van der Waals surface area contributed by atoms with E-state index in [4.69, 9.17) is 4.89 Å². The van der Waals surface area contributed by atoms with Gasteiger partial charge in [0.25, 0.3) is 0 Å². The largest absolute Gasteiger partial charge is 0.340 e. The first kappa shape index (κ1) is 10.7. The van der Waals surface area contributed by atoms with E-state index in [1.54, 1.807) is 0 Å². The van der Waals surface area contributed by atoms with E-state index in [0.29, 0.717) is 0 Å². The first-order valence-corrected chi connectivity index (χ1v) is 4.79. The maximum atomic E-state index is 9.15. The fraction of sp³-hybridized carbons (Fsp3) is 1.00. The van der Waals surface area contributed by atoms with E-state index < -0.39 is 0 Å². The molecule has 0 unspecified atom stereocenters. The molecule has 0 aliphatic rings. The summed E-state index contributed by atoms with van der Waals surface area (Å²) in [6.07, 6.45) is 0. The Kier molecular flexibility index (Phi) is 2.92. The van der Waals surface area contributed by atoms with Crippen LogP contribution >= 0.6 is 0 Å². The van der Waals surface area contributed by atoms with Gasteiger partial charge in [-0.1, -0.05) is 0 Å². The summed E-state index contributed by atoms with van der Waals surface area (Å²) in [4.78, 5) is 9.15. The predicted octanol–water partition coefficient (Wildman–Crippen LogP) is 1.98. The lowest BCUT2D eigenvalue weighted by atomic mass is 10.0. The van der Waals surface area contributed by atoms with Crippen LogP contribution in [0.2, 0.25) is 0 Å². The highest BCUT2D eigenvalue weighted by atomic mass is 28.2. The van der Waals surface area contributed by atoms with Crippen molar-refractivity contribution in [3.8, 4) is 0 Å². The molecule has 0 rings (SSSR count). The maximum Gasteiger partial charge on any atom is 0.329 e. The average Bonchev–Trinajstić information content (AvgIpc) is 1.56. The molecule has 64 valence electrons. The lowest BCUT2D eigenvalue weighted by Crippen LogP contribution is -2.51. The van der Waals surface area contributed by atoms with Gasteiger partial charge in [0.2, 0.25) is 0 Å². The molecule has 3 heteroatoms. The van der Waals surface area contributed by atoms with E-state index >= 15 is 0 Å². The molecule has 11 heavy (non-hydrogen) atoms. The van der Waals surface area contributed by atoms with Gasteiger partial charge in [0.05, 0.1) is 0 Å². The van der Waals surface area contributed by atoms with Crippen LogP contribution in [0.1, 0.15) is 41.5 Å². The molecular formula is C8H18N2Si. The van der Waals surface area contributed by atoms with Crippen LogP contribution in [0.3, 0.4) is 0 Å². The second-order valence-corrected chi connectivity index (χ2v) is 5.42. The normalized spacial score (nSPS) is 12.5. The van der Waals surface area contributed by atoms with Crippen LogP contribution in [0.15, 0.2) is 0 Å². The molecule has 0 radical (unpaired) electrons. The van der Waals surface area contributed by atoms with Crippen molar-refractivity contribution in [2.24, 2.45) is 0 Å². The lowest BCUT2D eigenvalue weighted by molar-refractivity contribution is 0.142. The zero-order valence-electron chi connectivity index (χ0n) is 8.39. The third-order valence-corrected chi connectivity index (χ3v) is 2.98. The smallest absolute Gasteiger partial charge is 0.329 e. The number of hydrogen-bond donors (Lipinski definition) is 0. The average molecular weight is 170 g/mol. The molecule has 0 amide bonds.